The van der Waals surface area contributed by atoms with Crippen molar-refractivity contribution in [2.24, 2.45) is 0 Å². The average Bonchev–Trinajstić information content (AvgIpc) is 3.19. The van der Waals surface area contributed by atoms with Gasteiger partial charge in [0.25, 0.3) is 5.91 Å². The Morgan fingerprint density at radius 1 is 1.03 bits per heavy atom. The molecule has 1 aromatic heterocycles. The summed E-state index contributed by atoms with van der Waals surface area (Å²) in [5, 5.41) is 3.79. The van der Waals surface area contributed by atoms with Gasteiger partial charge in [-0.15, -0.1) is 0 Å². The van der Waals surface area contributed by atoms with Gasteiger partial charge in [-0.2, -0.15) is 0 Å². The van der Waals surface area contributed by atoms with Crippen LogP contribution >= 0.6 is 0 Å². The van der Waals surface area contributed by atoms with E-state index in [0.717, 1.165) is 22.2 Å². The van der Waals surface area contributed by atoms with Crippen molar-refractivity contribution in [1.29, 1.82) is 0 Å². The smallest absolute Gasteiger partial charge is 0.331 e. The van der Waals surface area contributed by atoms with Gasteiger partial charge in [0.05, 0.1) is 7.11 Å². The number of para-hydroxylation sites is 2. The minimum Gasteiger partial charge on any atom is -0.493 e. The summed E-state index contributed by atoms with van der Waals surface area (Å²) in [7, 11) is 1.57. The lowest BCUT2D eigenvalue weighted by atomic mass is 9.92. The van der Waals surface area contributed by atoms with E-state index in [9.17, 15) is 9.59 Å². The lowest BCUT2D eigenvalue weighted by Crippen LogP contribution is -2.22. The highest BCUT2D eigenvalue weighted by Gasteiger charge is 2.16. The Labute approximate surface area is 188 Å². The van der Waals surface area contributed by atoms with E-state index in [4.69, 9.17) is 13.9 Å². The molecule has 32 heavy (non-hydrogen) atoms. The summed E-state index contributed by atoms with van der Waals surface area (Å²) in [6.07, 6.45) is 2.74. The number of furan rings is 1. The first-order chi connectivity index (χ1) is 15.3. The van der Waals surface area contributed by atoms with E-state index in [2.05, 4.69) is 33.0 Å². The number of fused-ring (bicyclic) bond motifs is 1. The summed E-state index contributed by atoms with van der Waals surface area (Å²) in [4.78, 5) is 24.6. The van der Waals surface area contributed by atoms with Gasteiger partial charge >= 0.3 is 5.97 Å². The minimum atomic E-state index is -0.631. The van der Waals surface area contributed by atoms with Crippen LogP contribution in [0, 0.1) is 0 Å². The van der Waals surface area contributed by atoms with Crippen molar-refractivity contribution < 1.29 is 23.5 Å². The van der Waals surface area contributed by atoms with Gasteiger partial charge in [-0.05, 0) is 41.2 Å². The number of hydrogen-bond acceptors (Lipinski definition) is 5. The summed E-state index contributed by atoms with van der Waals surface area (Å²) in [6, 6.07) is 13.4. The van der Waals surface area contributed by atoms with Crippen molar-refractivity contribution in [2.75, 3.05) is 19.0 Å². The number of ether oxygens (including phenoxy) is 2. The van der Waals surface area contributed by atoms with Gasteiger partial charge in [-0.25, -0.2) is 4.79 Å². The molecule has 6 nitrogen and oxygen atoms in total. The third-order valence-electron chi connectivity index (χ3n) is 5.11. The molecule has 0 fully saturated rings. The highest BCUT2D eigenvalue weighted by molar-refractivity contribution is 5.96. The average molecular weight is 436 g/mol. The minimum absolute atomic E-state index is 0.247. The van der Waals surface area contributed by atoms with E-state index in [0.29, 0.717) is 17.1 Å². The van der Waals surface area contributed by atoms with Gasteiger partial charge in [0, 0.05) is 17.1 Å². The third kappa shape index (κ3) is 5.38. The normalized spacial score (nSPS) is 11.5. The quantitative estimate of drug-likeness (QED) is 0.353. The molecule has 1 N–H and O–H groups in total. The summed E-state index contributed by atoms with van der Waals surface area (Å²) < 4.78 is 16.1. The number of carbonyl (C=O) groups excluding carboxylic acids is 2. The van der Waals surface area contributed by atoms with E-state index in [-0.39, 0.29) is 24.3 Å². The van der Waals surface area contributed by atoms with Crippen molar-refractivity contribution in [2.45, 2.75) is 39.5 Å². The second-order valence-electron chi connectivity index (χ2n) is 8.14. The van der Waals surface area contributed by atoms with Crippen molar-refractivity contribution in [3.63, 3.8) is 0 Å². The Morgan fingerprint density at radius 2 is 1.69 bits per heavy atom. The first kappa shape index (κ1) is 23.1. The molecule has 0 saturated carbocycles. The van der Waals surface area contributed by atoms with Gasteiger partial charge < -0.3 is 19.2 Å². The number of anilines is 1. The van der Waals surface area contributed by atoms with Gasteiger partial charge in [0.2, 0.25) is 0 Å². The van der Waals surface area contributed by atoms with E-state index in [1.165, 1.54) is 12.2 Å². The monoisotopic (exact) mass is 435 g/mol. The van der Waals surface area contributed by atoms with Crippen LogP contribution in [0.2, 0.25) is 0 Å². The van der Waals surface area contributed by atoms with E-state index in [1.807, 2.05) is 30.3 Å². The maximum atomic E-state index is 12.5. The van der Waals surface area contributed by atoms with E-state index in [1.54, 1.807) is 19.2 Å². The maximum Gasteiger partial charge on any atom is 0.331 e. The lowest BCUT2D eigenvalue weighted by Gasteiger charge is -2.20. The van der Waals surface area contributed by atoms with Crippen LogP contribution in [0.25, 0.3) is 17.0 Å². The Kier molecular flexibility index (Phi) is 7.36. The van der Waals surface area contributed by atoms with Gasteiger partial charge in [0.1, 0.15) is 5.76 Å². The van der Waals surface area contributed by atoms with Gasteiger partial charge in [0.15, 0.2) is 17.9 Å². The van der Waals surface area contributed by atoms with E-state index < -0.39 is 5.97 Å². The van der Waals surface area contributed by atoms with Crippen LogP contribution in [0.15, 0.2) is 53.0 Å². The third-order valence-corrected chi connectivity index (χ3v) is 5.11. The summed E-state index contributed by atoms with van der Waals surface area (Å²) in [6.45, 7) is 7.93. The van der Waals surface area contributed by atoms with Crippen LogP contribution in [-0.2, 0) is 14.3 Å². The molecule has 1 heterocycles. The predicted octanol–water partition coefficient (Wildman–Crippen LogP) is 5.88. The molecule has 6 heteroatoms. The fourth-order valence-electron chi connectivity index (χ4n) is 3.50. The van der Waals surface area contributed by atoms with Crippen molar-refractivity contribution in [3.05, 3.63) is 65.4 Å². The topological polar surface area (TPSA) is 77.8 Å². The molecule has 3 aromatic rings. The Morgan fingerprint density at radius 3 is 2.31 bits per heavy atom. The number of nitrogens with one attached hydrogen (secondary N) is 1. The summed E-state index contributed by atoms with van der Waals surface area (Å²) in [5.74, 6) is 0.583. The van der Waals surface area contributed by atoms with Crippen LogP contribution in [-0.4, -0.2) is 25.6 Å². The largest absolute Gasteiger partial charge is 0.493 e. The van der Waals surface area contributed by atoms with Crippen molar-refractivity contribution in [3.8, 4) is 5.75 Å². The van der Waals surface area contributed by atoms with Gasteiger partial charge in [-0.3, -0.25) is 4.79 Å². The second-order valence-corrected chi connectivity index (χ2v) is 8.14. The summed E-state index contributed by atoms with van der Waals surface area (Å²) in [5.41, 5.74) is 3.50. The molecule has 0 saturated heterocycles. The van der Waals surface area contributed by atoms with Crippen molar-refractivity contribution in [1.82, 2.24) is 0 Å². The van der Waals surface area contributed by atoms with Crippen molar-refractivity contribution >= 4 is 34.6 Å². The molecule has 168 valence electrons. The molecule has 0 aliphatic carbocycles. The fourth-order valence-corrected chi connectivity index (χ4v) is 3.50. The Bertz CT molecular complexity index is 1110. The zero-order chi connectivity index (χ0) is 23.3. The molecular formula is C26H29NO5. The standard InChI is InChI=1S/C26H29NO5/c1-16(2)20-9-7-10-21(17(3)4)25(20)27-23(28)15-31-24(29)13-12-19-14-18-8-6-11-22(30-5)26(18)32-19/h6-14,16-17H,15H2,1-5H3,(H,27,28). The van der Waals surface area contributed by atoms with Gasteiger partial charge in [-0.1, -0.05) is 58.0 Å². The molecule has 0 bridgehead atoms. The molecule has 1 amide bonds. The zero-order valence-electron chi connectivity index (χ0n) is 19.1. The number of hydrogen-bond donors (Lipinski definition) is 1. The highest BCUT2D eigenvalue weighted by atomic mass is 16.5. The molecule has 2 aromatic carbocycles. The number of esters is 1. The number of methoxy groups -OCH3 is 1. The fraction of sp³-hybridized carbons (Fsp3) is 0.308. The molecule has 0 atom stereocenters. The SMILES string of the molecule is COc1cccc2cc(C=CC(=O)OCC(=O)Nc3c(C(C)C)cccc3C(C)C)oc12. The second kappa shape index (κ2) is 10.2. The number of carbonyl (C=O) groups is 2. The highest BCUT2D eigenvalue weighted by Crippen LogP contribution is 2.32. The number of amides is 1. The Hall–Kier alpha value is -3.54. The van der Waals surface area contributed by atoms with Crippen LogP contribution in [0.5, 0.6) is 5.75 Å². The van der Waals surface area contributed by atoms with Crippen LogP contribution in [0.1, 0.15) is 56.4 Å². The molecule has 0 aliphatic rings. The van der Waals surface area contributed by atoms with Crippen LogP contribution in [0.3, 0.4) is 0 Å². The molecular weight excluding hydrogens is 406 g/mol. The molecule has 0 unspecified atom stereocenters. The van der Waals surface area contributed by atoms with Crippen LogP contribution < -0.4 is 10.1 Å². The number of benzene rings is 2. The maximum absolute atomic E-state index is 12.5. The van der Waals surface area contributed by atoms with Crippen LogP contribution in [0.4, 0.5) is 5.69 Å². The Balaban J connectivity index is 1.63. The molecule has 0 spiro atoms. The predicted molar refractivity (Wildman–Crippen MR) is 126 cm³/mol. The lowest BCUT2D eigenvalue weighted by molar-refractivity contribution is -0.142. The molecule has 0 aliphatic heterocycles. The number of rotatable bonds is 8. The molecule has 0 radical (unpaired) electrons. The first-order valence-electron chi connectivity index (χ1n) is 10.6. The first-order valence-corrected chi connectivity index (χ1v) is 10.6. The summed E-state index contributed by atoms with van der Waals surface area (Å²) >= 11 is 0. The van der Waals surface area contributed by atoms with E-state index >= 15 is 0 Å². The molecule has 3 rings (SSSR count). The zero-order valence-corrected chi connectivity index (χ0v) is 19.1.